The van der Waals surface area contributed by atoms with E-state index in [1.54, 1.807) is 60.7 Å². The molecule has 4 aromatic heterocycles. The summed E-state index contributed by atoms with van der Waals surface area (Å²) in [5.74, 6) is 0.616. The predicted octanol–water partition coefficient (Wildman–Crippen LogP) is 6.59. The van der Waals surface area contributed by atoms with Gasteiger partial charge in [0.15, 0.2) is 27.6 Å². The van der Waals surface area contributed by atoms with Crippen LogP contribution < -0.4 is 11.5 Å². The Morgan fingerprint density at radius 2 is 1.18 bits per heavy atom. The lowest BCUT2D eigenvalue weighted by atomic mass is 9.91. The highest BCUT2D eigenvalue weighted by molar-refractivity contribution is 7.19. The van der Waals surface area contributed by atoms with E-state index in [2.05, 4.69) is 22.1 Å². The Hall–Kier alpha value is -5.49. The Kier molecular flexibility index (Phi) is 6.21. The van der Waals surface area contributed by atoms with Crippen molar-refractivity contribution < 1.29 is 13.6 Å². The minimum absolute atomic E-state index is 0.282. The van der Waals surface area contributed by atoms with Crippen LogP contribution in [0.4, 0.5) is 10.3 Å². The molecule has 0 aliphatic carbocycles. The van der Waals surface area contributed by atoms with Crippen LogP contribution in [0.2, 0.25) is 0 Å². The fourth-order valence-electron chi connectivity index (χ4n) is 4.34. The second kappa shape index (κ2) is 10.0. The zero-order valence-electron chi connectivity index (χ0n) is 20.4. The molecule has 9 nitrogen and oxygen atoms in total. The van der Waals surface area contributed by atoms with Crippen LogP contribution in [0.15, 0.2) is 82.0 Å². The van der Waals surface area contributed by atoms with E-state index in [9.17, 15) is 15.3 Å². The molecule has 0 fully saturated rings. The molecule has 0 amide bonds. The Balaban J connectivity index is 1.57. The van der Waals surface area contributed by atoms with Crippen LogP contribution in [-0.2, 0) is 0 Å². The van der Waals surface area contributed by atoms with Crippen molar-refractivity contribution in [1.82, 2.24) is 9.97 Å². The van der Waals surface area contributed by atoms with E-state index in [0.29, 0.717) is 66.0 Å². The summed E-state index contributed by atoms with van der Waals surface area (Å²) in [6, 6.07) is 20.9. The maximum absolute atomic E-state index is 14.3. The van der Waals surface area contributed by atoms with Crippen molar-refractivity contribution in [2.24, 2.45) is 0 Å². The number of rotatable bonds is 6. The maximum atomic E-state index is 14.3. The van der Waals surface area contributed by atoms with Crippen LogP contribution in [0, 0.1) is 22.7 Å². The molecule has 0 atom stereocenters. The summed E-state index contributed by atoms with van der Waals surface area (Å²) in [7, 11) is 0. The summed E-state index contributed by atoms with van der Waals surface area (Å²) in [6.45, 7) is 0. The Labute approximate surface area is 235 Å². The molecule has 0 saturated carbocycles. The monoisotopic (exact) mass is 560 g/mol. The van der Waals surface area contributed by atoms with Crippen LogP contribution in [0.5, 0.6) is 0 Å². The third kappa shape index (κ3) is 4.31. The van der Waals surface area contributed by atoms with Gasteiger partial charge >= 0.3 is 0 Å². The second-order valence-electron chi connectivity index (χ2n) is 8.49. The molecule has 0 unspecified atom stereocenters. The average molecular weight is 561 g/mol. The fraction of sp³-hybridized carbons (Fsp3) is 0. The number of nitrogens with two attached hydrogens (primary N) is 2. The molecule has 0 bridgehead atoms. The van der Waals surface area contributed by atoms with E-state index >= 15 is 0 Å². The van der Waals surface area contributed by atoms with Gasteiger partial charge in [-0.05, 0) is 60.7 Å². The van der Waals surface area contributed by atoms with Gasteiger partial charge in [0.05, 0.1) is 45.5 Å². The first-order valence-electron chi connectivity index (χ1n) is 11.7. The van der Waals surface area contributed by atoms with Crippen LogP contribution >= 0.6 is 22.7 Å². The van der Waals surface area contributed by atoms with Crippen LogP contribution in [0.3, 0.4) is 0 Å². The molecule has 0 aliphatic rings. The van der Waals surface area contributed by atoms with Gasteiger partial charge < -0.3 is 20.3 Å². The number of furan rings is 2. The van der Waals surface area contributed by atoms with Crippen LogP contribution in [0.1, 0.15) is 27.0 Å². The molecule has 6 aromatic rings. The SMILES string of the molecule is N#Cc1ccc(C(=O)c2ccc(C#N)cc2-c2sc(N)nc2-c2ccco2)c(-c2sc(N)nc2-c2ccco2)c1. The van der Waals surface area contributed by atoms with Gasteiger partial charge in [0, 0.05) is 22.3 Å². The first-order chi connectivity index (χ1) is 19.5. The Morgan fingerprint density at radius 3 is 1.55 bits per heavy atom. The number of hydrogen-bond acceptors (Lipinski definition) is 11. The lowest BCUT2D eigenvalue weighted by Crippen LogP contribution is -2.06. The van der Waals surface area contributed by atoms with Gasteiger partial charge in [0.2, 0.25) is 0 Å². The minimum Gasteiger partial charge on any atom is -0.463 e. The number of aromatic nitrogens is 2. The standard InChI is InChI=1S/C29H16N6O3S2/c30-13-15-5-7-17(19(11-15)26-23(34-28(32)39-26)21-3-1-9-37-21)25(36)18-8-6-16(14-31)12-20(18)27-24(35-29(33)40-27)22-4-2-10-38-22/h1-12H,(H2,32,34)(H2,33,35). The van der Waals surface area contributed by atoms with Crippen molar-refractivity contribution in [3.63, 3.8) is 0 Å². The van der Waals surface area contributed by atoms with E-state index in [4.69, 9.17) is 20.3 Å². The Morgan fingerprint density at radius 1 is 0.725 bits per heavy atom. The number of thiazole rings is 2. The number of nitriles is 2. The third-order valence-electron chi connectivity index (χ3n) is 6.07. The van der Waals surface area contributed by atoms with Gasteiger partial charge in [-0.25, -0.2) is 9.97 Å². The van der Waals surface area contributed by atoms with E-state index < -0.39 is 0 Å². The first kappa shape index (κ1) is 24.8. The third-order valence-corrected chi connectivity index (χ3v) is 7.91. The van der Waals surface area contributed by atoms with Gasteiger partial charge in [-0.3, -0.25) is 4.79 Å². The lowest BCUT2D eigenvalue weighted by Gasteiger charge is -2.13. The van der Waals surface area contributed by atoms with Crippen LogP contribution in [0.25, 0.3) is 43.8 Å². The average Bonchev–Trinajstić information content (AvgIpc) is 3.79. The molecule has 11 heteroatoms. The predicted molar refractivity (Wildman–Crippen MR) is 152 cm³/mol. The summed E-state index contributed by atoms with van der Waals surface area (Å²) in [5.41, 5.74) is 15.4. The van der Waals surface area contributed by atoms with E-state index in [1.165, 1.54) is 35.2 Å². The van der Waals surface area contributed by atoms with Crippen molar-refractivity contribution in [2.75, 3.05) is 11.5 Å². The summed E-state index contributed by atoms with van der Waals surface area (Å²) >= 11 is 2.37. The number of nitrogens with zero attached hydrogens (tertiary/aromatic N) is 4. The van der Waals surface area contributed by atoms with Gasteiger partial charge in [-0.2, -0.15) is 10.5 Å². The molecule has 0 radical (unpaired) electrons. The summed E-state index contributed by atoms with van der Waals surface area (Å²) < 4.78 is 11.1. The number of carbonyl (C=O) groups is 1. The second-order valence-corrected chi connectivity index (χ2v) is 10.5. The molecule has 4 heterocycles. The van der Waals surface area contributed by atoms with Crippen molar-refractivity contribution in [3.8, 4) is 55.9 Å². The van der Waals surface area contributed by atoms with Gasteiger partial charge in [-0.15, -0.1) is 0 Å². The van der Waals surface area contributed by atoms with E-state index in [1.807, 2.05) is 0 Å². The number of benzene rings is 2. The minimum atomic E-state index is -0.339. The first-order valence-corrected chi connectivity index (χ1v) is 13.3. The zero-order chi connectivity index (χ0) is 27.8. The normalized spacial score (nSPS) is 10.8. The summed E-state index contributed by atoms with van der Waals surface area (Å²) in [6.07, 6.45) is 3.04. The summed E-state index contributed by atoms with van der Waals surface area (Å²) in [5, 5.41) is 19.8. The van der Waals surface area contributed by atoms with Crippen molar-refractivity contribution in [1.29, 1.82) is 10.5 Å². The van der Waals surface area contributed by atoms with Gasteiger partial charge in [-0.1, -0.05) is 22.7 Å². The molecule has 2 aromatic carbocycles. The number of nitrogen functional groups attached to an aromatic ring is 2. The highest BCUT2D eigenvalue weighted by Gasteiger charge is 2.26. The smallest absolute Gasteiger partial charge is 0.194 e. The largest absolute Gasteiger partial charge is 0.463 e. The van der Waals surface area contributed by atoms with Crippen LogP contribution in [-0.4, -0.2) is 15.8 Å². The molecule has 0 aliphatic heterocycles. The number of ketones is 1. The van der Waals surface area contributed by atoms with Crippen molar-refractivity contribution in [3.05, 3.63) is 95.4 Å². The Bertz CT molecular complexity index is 1830. The molecule has 192 valence electrons. The quantitative estimate of drug-likeness (QED) is 0.213. The molecular weight excluding hydrogens is 544 g/mol. The molecule has 4 N–H and O–H groups in total. The number of anilines is 2. The van der Waals surface area contributed by atoms with Crippen molar-refractivity contribution >= 4 is 38.7 Å². The molecular formula is C29H16N6O3S2. The van der Waals surface area contributed by atoms with E-state index in [-0.39, 0.29) is 16.0 Å². The zero-order valence-corrected chi connectivity index (χ0v) is 22.0. The highest BCUT2D eigenvalue weighted by Crippen LogP contribution is 2.43. The molecule has 40 heavy (non-hydrogen) atoms. The lowest BCUT2D eigenvalue weighted by molar-refractivity contribution is 0.104. The number of hydrogen-bond donors (Lipinski definition) is 2. The summed E-state index contributed by atoms with van der Waals surface area (Å²) in [4.78, 5) is 24.4. The topological polar surface area (TPSA) is 169 Å². The van der Waals surface area contributed by atoms with Gasteiger partial charge in [0.25, 0.3) is 0 Å². The number of carbonyl (C=O) groups excluding carboxylic acids is 1. The van der Waals surface area contributed by atoms with Gasteiger partial charge in [0.1, 0.15) is 11.4 Å². The molecule has 0 saturated heterocycles. The van der Waals surface area contributed by atoms with Crippen molar-refractivity contribution in [2.45, 2.75) is 0 Å². The maximum Gasteiger partial charge on any atom is 0.194 e. The fourth-order valence-corrected chi connectivity index (χ4v) is 6.08. The van der Waals surface area contributed by atoms with E-state index in [0.717, 1.165) is 0 Å². The molecule has 0 spiro atoms. The highest BCUT2D eigenvalue weighted by atomic mass is 32.1. The molecule has 6 rings (SSSR count).